The summed E-state index contributed by atoms with van der Waals surface area (Å²) in [6.07, 6.45) is 2.89. The number of hydrogen-bond acceptors (Lipinski definition) is 3. The van der Waals surface area contributed by atoms with Crippen LogP contribution in [0.25, 0.3) is 0 Å². The lowest BCUT2D eigenvalue weighted by Crippen LogP contribution is -2.15. The van der Waals surface area contributed by atoms with E-state index in [1.165, 1.54) is 5.56 Å². The van der Waals surface area contributed by atoms with Crippen LogP contribution in [0.2, 0.25) is 0 Å². The van der Waals surface area contributed by atoms with Gasteiger partial charge in [0, 0.05) is 0 Å². The molecule has 1 atom stereocenters. The molecule has 0 aliphatic rings. The largest absolute Gasteiger partial charge is 0.514 e. The summed E-state index contributed by atoms with van der Waals surface area (Å²) in [5.41, 5.74) is 2.20. The third-order valence-corrected chi connectivity index (χ3v) is 3.76. The summed E-state index contributed by atoms with van der Waals surface area (Å²) < 4.78 is 10.8. The van der Waals surface area contributed by atoms with E-state index >= 15 is 0 Å². The van der Waals surface area contributed by atoms with Gasteiger partial charge in [-0.3, -0.25) is 0 Å². The van der Waals surface area contributed by atoms with Crippen molar-refractivity contribution in [1.29, 1.82) is 0 Å². The average molecular weight is 312 g/mol. The minimum atomic E-state index is -0.654. The Morgan fingerprint density at radius 2 is 1.70 bits per heavy atom. The van der Waals surface area contributed by atoms with Gasteiger partial charge in [0.15, 0.2) is 0 Å². The zero-order valence-corrected chi connectivity index (χ0v) is 13.8. The van der Waals surface area contributed by atoms with Gasteiger partial charge in [0.2, 0.25) is 0 Å². The van der Waals surface area contributed by atoms with Crippen LogP contribution in [0.1, 0.15) is 50.3 Å². The smallest absolute Gasteiger partial charge is 0.426 e. The van der Waals surface area contributed by atoms with Crippen LogP contribution in [0.3, 0.4) is 0 Å². The van der Waals surface area contributed by atoms with Crippen molar-refractivity contribution in [3.8, 4) is 5.75 Å². The van der Waals surface area contributed by atoms with Gasteiger partial charge in [-0.2, -0.15) is 0 Å². The molecule has 0 spiro atoms. The Morgan fingerprint density at radius 1 is 1.00 bits per heavy atom. The topological polar surface area (TPSA) is 35.5 Å². The Hall–Kier alpha value is -2.29. The number of hydrogen-bond donors (Lipinski definition) is 0. The molecule has 0 saturated carbocycles. The molecule has 0 radical (unpaired) electrons. The zero-order chi connectivity index (χ0) is 16.5. The summed E-state index contributed by atoms with van der Waals surface area (Å²) in [7, 11) is 0. The Morgan fingerprint density at radius 3 is 2.30 bits per heavy atom. The second kappa shape index (κ2) is 8.99. The van der Waals surface area contributed by atoms with Gasteiger partial charge < -0.3 is 9.47 Å². The summed E-state index contributed by atoms with van der Waals surface area (Å²) >= 11 is 0. The minimum Gasteiger partial charge on any atom is -0.426 e. The van der Waals surface area contributed by atoms with E-state index in [-0.39, 0.29) is 6.10 Å². The summed E-state index contributed by atoms with van der Waals surface area (Å²) in [6, 6.07) is 17.3. The van der Waals surface area contributed by atoms with Crippen molar-refractivity contribution >= 4 is 6.16 Å². The molecule has 0 amide bonds. The van der Waals surface area contributed by atoms with E-state index < -0.39 is 6.16 Å². The van der Waals surface area contributed by atoms with Gasteiger partial charge in [0.05, 0.1) is 0 Å². The molecular weight excluding hydrogens is 288 g/mol. The van der Waals surface area contributed by atoms with Crippen molar-refractivity contribution in [3.63, 3.8) is 0 Å². The maximum absolute atomic E-state index is 12.1. The average Bonchev–Trinajstić information content (AvgIpc) is 2.60. The monoisotopic (exact) mass is 312 g/mol. The number of ether oxygens (including phenoxy) is 2. The highest BCUT2D eigenvalue weighted by Gasteiger charge is 2.17. The van der Waals surface area contributed by atoms with Crippen LogP contribution in [0.5, 0.6) is 5.75 Å². The molecule has 0 heterocycles. The van der Waals surface area contributed by atoms with Crippen LogP contribution in [-0.4, -0.2) is 6.16 Å². The van der Waals surface area contributed by atoms with Gasteiger partial charge in [-0.05, 0) is 42.5 Å². The second-order valence-electron chi connectivity index (χ2n) is 5.51. The number of rotatable bonds is 7. The maximum Gasteiger partial charge on any atom is 0.514 e. The lowest BCUT2D eigenvalue weighted by molar-refractivity contribution is 0.0530. The van der Waals surface area contributed by atoms with Crippen LogP contribution in [-0.2, 0) is 11.2 Å². The van der Waals surface area contributed by atoms with Crippen LogP contribution >= 0.6 is 0 Å². The van der Waals surface area contributed by atoms with Gasteiger partial charge in [0.25, 0.3) is 0 Å². The van der Waals surface area contributed by atoms with Crippen LogP contribution in [0, 0.1) is 0 Å². The number of carbonyl (C=O) groups is 1. The van der Waals surface area contributed by atoms with E-state index in [1.54, 1.807) is 12.1 Å². The molecule has 0 saturated heterocycles. The fourth-order valence-electron chi connectivity index (χ4n) is 2.38. The molecule has 2 aromatic carbocycles. The van der Waals surface area contributed by atoms with Crippen LogP contribution in [0.4, 0.5) is 4.79 Å². The maximum atomic E-state index is 12.1. The van der Waals surface area contributed by atoms with E-state index in [4.69, 9.17) is 9.47 Å². The molecule has 0 bridgehead atoms. The predicted molar refractivity (Wildman–Crippen MR) is 91.6 cm³/mol. The first-order chi connectivity index (χ1) is 11.2. The molecule has 2 aromatic rings. The molecule has 0 N–H and O–H groups in total. The summed E-state index contributed by atoms with van der Waals surface area (Å²) in [5.74, 6) is 0.509. The Bertz CT molecular complexity index is 590. The molecule has 0 fully saturated rings. The quantitative estimate of drug-likeness (QED) is 0.486. The number of carbonyl (C=O) groups excluding carboxylic acids is 1. The fraction of sp³-hybridized carbons (Fsp3) is 0.350. The first-order valence-electron chi connectivity index (χ1n) is 8.25. The molecule has 0 aromatic heterocycles. The van der Waals surface area contributed by atoms with Crippen molar-refractivity contribution in [3.05, 3.63) is 65.7 Å². The molecule has 1 unspecified atom stereocenters. The lowest BCUT2D eigenvalue weighted by Gasteiger charge is -2.17. The van der Waals surface area contributed by atoms with Crippen LogP contribution in [0.15, 0.2) is 54.6 Å². The molecule has 3 nitrogen and oxygen atoms in total. The highest BCUT2D eigenvalue weighted by molar-refractivity contribution is 5.64. The Kier molecular flexibility index (Phi) is 6.67. The summed E-state index contributed by atoms with van der Waals surface area (Å²) in [4.78, 5) is 12.1. The van der Waals surface area contributed by atoms with Gasteiger partial charge >= 0.3 is 6.16 Å². The number of benzene rings is 2. The standard InChI is InChI=1S/C20H24O3/c1-3-5-11-19(17-9-7-6-8-10-17)23-20(21)22-18-14-12-16(4-2)13-15-18/h6-10,12-15,19H,3-5,11H2,1-2H3. The fourth-order valence-corrected chi connectivity index (χ4v) is 2.38. The van der Waals surface area contributed by atoms with Crippen molar-refractivity contribution in [1.82, 2.24) is 0 Å². The Labute approximate surface area is 138 Å². The van der Waals surface area contributed by atoms with E-state index in [0.29, 0.717) is 5.75 Å². The van der Waals surface area contributed by atoms with E-state index in [9.17, 15) is 4.79 Å². The predicted octanol–water partition coefficient (Wildman–Crippen LogP) is 5.70. The molecular formula is C20H24O3. The molecule has 23 heavy (non-hydrogen) atoms. The van der Waals surface area contributed by atoms with Gasteiger partial charge in [0.1, 0.15) is 11.9 Å². The molecule has 122 valence electrons. The first-order valence-corrected chi connectivity index (χ1v) is 8.25. The van der Waals surface area contributed by atoms with Gasteiger partial charge in [-0.15, -0.1) is 0 Å². The third-order valence-electron chi connectivity index (χ3n) is 3.76. The normalized spacial score (nSPS) is 11.7. The second-order valence-corrected chi connectivity index (χ2v) is 5.51. The first kappa shape index (κ1) is 17.1. The summed E-state index contributed by atoms with van der Waals surface area (Å²) in [5, 5.41) is 0. The molecule has 3 heteroatoms. The number of unbranched alkanes of at least 4 members (excludes halogenated alkanes) is 1. The number of aryl methyl sites for hydroxylation is 1. The highest BCUT2D eigenvalue weighted by Crippen LogP contribution is 2.24. The molecule has 0 aliphatic carbocycles. The van der Waals surface area contributed by atoms with E-state index in [0.717, 1.165) is 31.2 Å². The molecule has 2 rings (SSSR count). The van der Waals surface area contributed by atoms with Crippen molar-refractivity contribution in [2.75, 3.05) is 0 Å². The SMILES string of the molecule is CCCCC(OC(=O)Oc1ccc(CC)cc1)c1ccccc1. The summed E-state index contributed by atoms with van der Waals surface area (Å²) in [6.45, 7) is 4.21. The van der Waals surface area contributed by atoms with E-state index in [1.807, 2.05) is 42.5 Å². The van der Waals surface area contributed by atoms with E-state index in [2.05, 4.69) is 13.8 Å². The van der Waals surface area contributed by atoms with Gasteiger partial charge in [-0.25, -0.2) is 4.79 Å². The minimum absolute atomic E-state index is 0.265. The zero-order valence-electron chi connectivity index (χ0n) is 13.8. The van der Waals surface area contributed by atoms with Crippen molar-refractivity contribution < 1.29 is 14.3 Å². The third kappa shape index (κ3) is 5.44. The van der Waals surface area contributed by atoms with Crippen molar-refractivity contribution in [2.24, 2.45) is 0 Å². The van der Waals surface area contributed by atoms with Crippen molar-refractivity contribution in [2.45, 2.75) is 45.6 Å². The lowest BCUT2D eigenvalue weighted by atomic mass is 10.0. The Balaban J connectivity index is 1.98. The van der Waals surface area contributed by atoms with Crippen LogP contribution < -0.4 is 4.74 Å². The van der Waals surface area contributed by atoms with Gasteiger partial charge in [-0.1, -0.05) is 62.7 Å². The molecule has 0 aliphatic heterocycles. The highest BCUT2D eigenvalue weighted by atomic mass is 16.7.